The molecule has 0 saturated heterocycles. The third-order valence-electron chi connectivity index (χ3n) is 3.29. The Balaban J connectivity index is 2.15. The molecule has 0 aliphatic carbocycles. The zero-order chi connectivity index (χ0) is 19.2. The lowest BCUT2D eigenvalue weighted by atomic mass is 10.2. The number of ether oxygens (including phenoxy) is 3. The van der Waals surface area contributed by atoms with E-state index >= 15 is 0 Å². The zero-order valence-corrected chi connectivity index (χ0v) is 14.1. The highest BCUT2D eigenvalue weighted by Gasteiger charge is 2.31. The topological polar surface area (TPSA) is 78.1 Å². The minimum atomic E-state index is -4.78. The second-order valence-corrected chi connectivity index (χ2v) is 5.05. The Morgan fingerprint density at radius 1 is 1.08 bits per heavy atom. The molecule has 0 saturated carbocycles. The normalized spacial score (nSPS) is 11.8. The van der Waals surface area contributed by atoms with Crippen molar-refractivity contribution in [1.29, 1.82) is 0 Å². The summed E-state index contributed by atoms with van der Waals surface area (Å²) in [7, 11) is 3.01. The summed E-state index contributed by atoms with van der Waals surface area (Å²) in [5.41, 5.74) is 6.58. The number of guanidine groups is 1. The van der Waals surface area contributed by atoms with Crippen LogP contribution < -0.4 is 25.3 Å². The standard InChI is InChI=1S/C17H18F3N3O3/c1-24-12-7-8-15(25-2)13(9-12)23-16(21)22-10-11-5-3-4-6-14(11)26-17(18,19)20/h3-9H,10H2,1-2H3,(H3,21,22,23). The van der Waals surface area contributed by atoms with Crippen molar-refractivity contribution >= 4 is 11.6 Å². The number of hydrogen-bond donors (Lipinski definition) is 2. The van der Waals surface area contributed by atoms with Crippen LogP contribution in [0.3, 0.4) is 0 Å². The number of anilines is 1. The predicted molar refractivity (Wildman–Crippen MR) is 91.6 cm³/mol. The smallest absolute Gasteiger partial charge is 0.497 e. The largest absolute Gasteiger partial charge is 0.573 e. The number of alkyl halides is 3. The number of nitrogens with zero attached hydrogens (tertiary/aromatic N) is 1. The number of nitrogens with two attached hydrogens (primary N) is 1. The molecule has 6 nitrogen and oxygen atoms in total. The Morgan fingerprint density at radius 2 is 1.81 bits per heavy atom. The van der Waals surface area contributed by atoms with Crippen molar-refractivity contribution < 1.29 is 27.4 Å². The molecule has 140 valence electrons. The number of para-hydroxylation sites is 1. The molecule has 0 atom stereocenters. The van der Waals surface area contributed by atoms with Gasteiger partial charge in [-0.15, -0.1) is 13.2 Å². The molecular weight excluding hydrogens is 351 g/mol. The molecular formula is C17H18F3N3O3. The van der Waals surface area contributed by atoms with Gasteiger partial charge in [0.05, 0.1) is 26.5 Å². The Morgan fingerprint density at radius 3 is 2.46 bits per heavy atom. The maximum Gasteiger partial charge on any atom is 0.573 e. The lowest BCUT2D eigenvalue weighted by molar-refractivity contribution is -0.274. The maximum absolute atomic E-state index is 12.4. The number of benzene rings is 2. The fourth-order valence-corrected chi connectivity index (χ4v) is 2.12. The average Bonchev–Trinajstić information content (AvgIpc) is 2.59. The highest BCUT2D eigenvalue weighted by molar-refractivity contribution is 5.94. The van der Waals surface area contributed by atoms with Crippen LogP contribution in [-0.2, 0) is 6.54 Å². The van der Waals surface area contributed by atoms with Crippen LogP contribution >= 0.6 is 0 Å². The number of hydrogen-bond acceptors (Lipinski definition) is 4. The third-order valence-corrected chi connectivity index (χ3v) is 3.29. The van der Waals surface area contributed by atoms with Crippen LogP contribution in [0.15, 0.2) is 47.5 Å². The molecule has 2 rings (SSSR count). The van der Waals surface area contributed by atoms with E-state index in [0.29, 0.717) is 17.2 Å². The van der Waals surface area contributed by atoms with Gasteiger partial charge in [-0.05, 0) is 18.2 Å². The lowest BCUT2D eigenvalue weighted by Gasteiger charge is -2.13. The van der Waals surface area contributed by atoms with Crippen molar-refractivity contribution in [3.63, 3.8) is 0 Å². The van der Waals surface area contributed by atoms with Gasteiger partial charge in [0.25, 0.3) is 0 Å². The number of nitrogens with one attached hydrogen (secondary N) is 1. The molecule has 0 heterocycles. The van der Waals surface area contributed by atoms with Gasteiger partial charge in [-0.3, -0.25) is 0 Å². The first-order chi connectivity index (χ1) is 12.3. The van der Waals surface area contributed by atoms with E-state index in [1.807, 2.05) is 0 Å². The molecule has 9 heteroatoms. The monoisotopic (exact) mass is 369 g/mol. The van der Waals surface area contributed by atoms with Gasteiger partial charge in [0.2, 0.25) is 0 Å². The molecule has 0 aromatic heterocycles. The molecule has 0 aliphatic heterocycles. The van der Waals surface area contributed by atoms with Crippen molar-refractivity contribution in [2.75, 3.05) is 19.5 Å². The Labute approximate surface area is 148 Å². The molecule has 0 amide bonds. The number of rotatable bonds is 6. The first-order valence-electron chi connectivity index (χ1n) is 7.45. The first kappa shape index (κ1) is 19.2. The van der Waals surface area contributed by atoms with Crippen molar-refractivity contribution in [2.24, 2.45) is 10.7 Å². The Hall–Kier alpha value is -3.10. The van der Waals surface area contributed by atoms with Crippen LogP contribution in [-0.4, -0.2) is 26.5 Å². The maximum atomic E-state index is 12.4. The summed E-state index contributed by atoms with van der Waals surface area (Å²) >= 11 is 0. The SMILES string of the molecule is COc1ccc(OC)c(NC(N)=NCc2ccccc2OC(F)(F)F)c1. The molecule has 0 aliphatic rings. The first-order valence-corrected chi connectivity index (χ1v) is 7.45. The van der Waals surface area contributed by atoms with Crippen LogP contribution in [0.2, 0.25) is 0 Å². The van der Waals surface area contributed by atoms with E-state index < -0.39 is 6.36 Å². The van der Waals surface area contributed by atoms with E-state index in [9.17, 15) is 13.2 Å². The average molecular weight is 369 g/mol. The molecule has 0 spiro atoms. The molecule has 26 heavy (non-hydrogen) atoms. The zero-order valence-electron chi connectivity index (χ0n) is 14.1. The number of aliphatic imine (C=N–C) groups is 1. The van der Waals surface area contributed by atoms with Gasteiger partial charge in [-0.25, -0.2) is 4.99 Å². The summed E-state index contributed by atoms with van der Waals surface area (Å²) in [5.74, 6) is 0.753. The van der Waals surface area contributed by atoms with E-state index in [4.69, 9.17) is 15.2 Å². The summed E-state index contributed by atoms with van der Waals surface area (Å²) in [6.45, 7) is -0.0998. The second-order valence-electron chi connectivity index (χ2n) is 5.05. The summed E-state index contributed by atoms with van der Waals surface area (Å²) < 4.78 is 51.6. The molecule has 0 unspecified atom stereocenters. The van der Waals surface area contributed by atoms with Gasteiger partial charge >= 0.3 is 6.36 Å². The van der Waals surface area contributed by atoms with Gasteiger partial charge in [0, 0.05) is 11.6 Å². The Bertz CT molecular complexity index is 779. The van der Waals surface area contributed by atoms with Crippen molar-refractivity contribution in [2.45, 2.75) is 12.9 Å². The summed E-state index contributed by atoms with van der Waals surface area (Å²) in [6.07, 6.45) is -4.78. The molecule has 2 aromatic rings. The lowest BCUT2D eigenvalue weighted by Crippen LogP contribution is -2.23. The van der Waals surface area contributed by atoms with Gasteiger partial charge in [-0.1, -0.05) is 18.2 Å². The minimum Gasteiger partial charge on any atom is -0.497 e. The van der Waals surface area contributed by atoms with Gasteiger partial charge in [0.1, 0.15) is 17.2 Å². The van der Waals surface area contributed by atoms with Crippen LogP contribution in [0.1, 0.15) is 5.56 Å². The highest BCUT2D eigenvalue weighted by atomic mass is 19.4. The predicted octanol–water partition coefficient (Wildman–Crippen LogP) is 3.53. The molecule has 0 bridgehead atoms. The van der Waals surface area contributed by atoms with Gasteiger partial charge < -0.3 is 25.3 Å². The van der Waals surface area contributed by atoms with Crippen molar-refractivity contribution in [1.82, 2.24) is 0 Å². The molecule has 3 N–H and O–H groups in total. The van der Waals surface area contributed by atoms with Gasteiger partial charge in [-0.2, -0.15) is 0 Å². The fourth-order valence-electron chi connectivity index (χ4n) is 2.12. The number of methoxy groups -OCH3 is 2. The van der Waals surface area contributed by atoms with Crippen molar-refractivity contribution in [3.05, 3.63) is 48.0 Å². The fraction of sp³-hybridized carbons (Fsp3) is 0.235. The van der Waals surface area contributed by atoms with Crippen LogP contribution in [0.5, 0.6) is 17.2 Å². The molecule has 0 fully saturated rings. The minimum absolute atomic E-state index is 0.00151. The van der Waals surface area contributed by atoms with E-state index in [1.54, 1.807) is 24.3 Å². The van der Waals surface area contributed by atoms with Crippen molar-refractivity contribution in [3.8, 4) is 17.2 Å². The van der Waals surface area contributed by atoms with Crippen LogP contribution in [0.4, 0.5) is 18.9 Å². The van der Waals surface area contributed by atoms with E-state index in [1.165, 1.54) is 32.4 Å². The Kier molecular flexibility index (Phi) is 6.16. The van der Waals surface area contributed by atoms with E-state index in [2.05, 4.69) is 15.0 Å². The summed E-state index contributed by atoms with van der Waals surface area (Å²) in [6, 6.07) is 10.8. The molecule has 2 aromatic carbocycles. The van der Waals surface area contributed by atoms with Gasteiger partial charge in [0.15, 0.2) is 5.96 Å². The quantitative estimate of drug-likeness (QED) is 0.602. The van der Waals surface area contributed by atoms with Crippen LogP contribution in [0.25, 0.3) is 0 Å². The van der Waals surface area contributed by atoms with E-state index in [-0.39, 0.29) is 23.8 Å². The summed E-state index contributed by atoms with van der Waals surface area (Å²) in [4.78, 5) is 4.05. The number of halogens is 3. The molecule has 0 radical (unpaired) electrons. The highest BCUT2D eigenvalue weighted by Crippen LogP contribution is 2.29. The van der Waals surface area contributed by atoms with Crippen LogP contribution in [0, 0.1) is 0 Å². The summed E-state index contributed by atoms with van der Waals surface area (Å²) in [5, 5.41) is 2.83. The third kappa shape index (κ3) is 5.47. The second kappa shape index (κ2) is 8.32. The van der Waals surface area contributed by atoms with E-state index in [0.717, 1.165) is 0 Å².